The zero-order chi connectivity index (χ0) is 54.5. The number of carbonyl (C=O) groups is 2. The standard InChI is InChI=1S/C65H97N3O9/c1-5-8-10-12-14-16-18-20-22-28-41-66-63(71)76-53-39-40-59-57(47-53)61-55(38-27-30-43-70)51(34-26-29-42-69)46-56-58(67-73-4)48-60(65(77-59,62(56)61)75-44-7-3)68(49-52-36-32-35-50-33-24-25-37-54(50)52)64(72)74-45-31-23-21-19-17-15-13-11-9-6-2/h7,24-25,32-33,35-37,39-40,46-47,51,55,60-62,69-70H,3,5-6,8-23,26-31,34,38,41-45,48-49H2,1-2,4H3,(H,66,71). The lowest BCUT2D eigenvalue weighted by Gasteiger charge is -2.59. The van der Waals surface area contributed by atoms with Crippen LogP contribution in [-0.2, 0) is 20.9 Å². The minimum atomic E-state index is -1.48. The largest absolute Gasteiger partial charge is 0.459 e. The van der Waals surface area contributed by atoms with Crippen LogP contribution in [0.25, 0.3) is 10.8 Å². The van der Waals surface area contributed by atoms with E-state index < -0.39 is 29.9 Å². The number of nitrogens with one attached hydrogen (secondary N) is 1. The molecule has 2 amide bonds. The molecule has 0 radical (unpaired) electrons. The molecule has 0 aromatic heterocycles. The van der Waals surface area contributed by atoms with Gasteiger partial charge in [0.25, 0.3) is 0 Å². The molecule has 3 aromatic carbocycles. The molecule has 0 spiro atoms. The fraction of sp³-hybridized carbons (Fsp3) is 0.646. The normalized spacial score (nSPS) is 20.9. The van der Waals surface area contributed by atoms with Crippen LogP contribution >= 0.6 is 0 Å². The molecular weight excluding hydrogens is 967 g/mol. The fourth-order valence-electron chi connectivity index (χ4n) is 12.5. The first-order chi connectivity index (χ1) is 37.8. The van der Waals surface area contributed by atoms with Gasteiger partial charge in [-0.1, -0.05) is 202 Å². The van der Waals surface area contributed by atoms with Gasteiger partial charge in [-0.15, -0.1) is 6.58 Å². The van der Waals surface area contributed by atoms with Gasteiger partial charge in [0.2, 0.25) is 5.79 Å². The number of benzene rings is 3. The lowest BCUT2D eigenvalue weighted by atomic mass is 9.55. The van der Waals surface area contributed by atoms with E-state index in [2.05, 4.69) is 56.1 Å². The van der Waals surface area contributed by atoms with Gasteiger partial charge < -0.3 is 39.3 Å². The molecule has 1 aliphatic heterocycles. The second kappa shape index (κ2) is 34.2. The summed E-state index contributed by atoms with van der Waals surface area (Å²) in [4.78, 5) is 36.3. The van der Waals surface area contributed by atoms with Gasteiger partial charge in [0.1, 0.15) is 24.7 Å². The van der Waals surface area contributed by atoms with Crippen LogP contribution in [-0.4, -0.2) is 84.9 Å². The van der Waals surface area contributed by atoms with Crippen LogP contribution < -0.4 is 14.8 Å². The van der Waals surface area contributed by atoms with Crippen molar-refractivity contribution in [1.29, 1.82) is 0 Å². The Balaban J connectivity index is 1.36. The molecule has 6 unspecified atom stereocenters. The number of aliphatic hydroxyl groups is 2. The zero-order valence-corrected chi connectivity index (χ0v) is 47.5. The summed E-state index contributed by atoms with van der Waals surface area (Å²) < 4.78 is 27.2. The van der Waals surface area contributed by atoms with Crippen LogP contribution in [0.2, 0.25) is 0 Å². The molecule has 6 rings (SSSR count). The summed E-state index contributed by atoms with van der Waals surface area (Å²) in [5.41, 5.74) is 3.46. The first-order valence-electron chi connectivity index (χ1n) is 30.3. The van der Waals surface area contributed by atoms with Crippen LogP contribution in [0.15, 0.2) is 90.1 Å². The lowest BCUT2D eigenvalue weighted by Crippen LogP contribution is -2.70. The number of fused-ring (bicyclic) bond motifs is 3. The Labute approximate surface area is 462 Å². The number of hydrogen-bond donors (Lipinski definition) is 3. The molecule has 1 fully saturated rings. The molecule has 1 heterocycles. The number of aliphatic hydroxyl groups excluding tert-OH is 2. The maximum absolute atomic E-state index is 15.3. The average molecular weight is 1060 g/mol. The molecule has 0 saturated heterocycles. The molecular formula is C65H97N3O9. The molecule has 12 nitrogen and oxygen atoms in total. The predicted molar refractivity (Wildman–Crippen MR) is 311 cm³/mol. The number of unbranched alkanes of at least 4 members (excludes halogenated alkanes) is 20. The van der Waals surface area contributed by atoms with Crippen LogP contribution in [0.4, 0.5) is 9.59 Å². The van der Waals surface area contributed by atoms with Crippen molar-refractivity contribution < 1.29 is 43.6 Å². The Morgan fingerprint density at radius 3 is 2.08 bits per heavy atom. The van der Waals surface area contributed by atoms with E-state index in [9.17, 15) is 15.0 Å². The van der Waals surface area contributed by atoms with Gasteiger partial charge in [-0.25, -0.2) is 9.59 Å². The molecule has 12 heteroatoms. The third kappa shape index (κ3) is 17.8. The summed E-state index contributed by atoms with van der Waals surface area (Å²) in [5.74, 6) is -1.26. The highest BCUT2D eigenvalue weighted by Crippen LogP contribution is 2.62. The maximum atomic E-state index is 15.3. The molecule has 6 atom stereocenters. The minimum Gasteiger partial charge on any atom is -0.459 e. The summed E-state index contributed by atoms with van der Waals surface area (Å²) in [6.45, 7) is 9.94. The summed E-state index contributed by atoms with van der Waals surface area (Å²) in [6.07, 6.45) is 31.7. The molecule has 77 heavy (non-hydrogen) atoms. The molecule has 3 aliphatic rings. The summed E-state index contributed by atoms with van der Waals surface area (Å²) in [5, 5.41) is 30.0. The van der Waals surface area contributed by atoms with E-state index in [1.165, 1.54) is 89.9 Å². The van der Waals surface area contributed by atoms with E-state index in [1.54, 1.807) is 19.3 Å². The van der Waals surface area contributed by atoms with E-state index in [-0.39, 0.29) is 57.1 Å². The van der Waals surface area contributed by atoms with Gasteiger partial charge in [0.15, 0.2) is 0 Å². The van der Waals surface area contributed by atoms with Crippen LogP contribution in [0.3, 0.4) is 0 Å². The van der Waals surface area contributed by atoms with E-state index in [0.29, 0.717) is 36.6 Å². The van der Waals surface area contributed by atoms with Crippen LogP contribution in [0.5, 0.6) is 11.5 Å². The first-order valence-corrected chi connectivity index (χ1v) is 30.3. The Morgan fingerprint density at radius 1 is 0.779 bits per heavy atom. The maximum Gasteiger partial charge on any atom is 0.412 e. The quantitative estimate of drug-likeness (QED) is 0.0290. The van der Waals surface area contributed by atoms with Gasteiger partial charge in [0.05, 0.1) is 31.4 Å². The van der Waals surface area contributed by atoms with E-state index in [4.69, 9.17) is 28.9 Å². The number of amides is 2. The topological polar surface area (TPSA) is 148 Å². The predicted octanol–water partition coefficient (Wildman–Crippen LogP) is 15.7. The Kier molecular flexibility index (Phi) is 27.2. The number of hydrogen-bond acceptors (Lipinski definition) is 10. The van der Waals surface area contributed by atoms with E-state index in [0.717, 1.165) is 91.7 Å². The van der Waals surface area contributed by atoms with Crippen molar-refractivity contribution >= 4 is 28.7 Å². The summed E-state index contributed by atoms with van der Waals surface area (Å²) in [7, 11) is 1.56. The second-order valence-electron chi connectivity index (χ2n) is 22.0. The third-order valence-corrected chi connectivity index (χ3v) is 16.4. The van der Waals surface area contributed by atoms with Crippen molar-refractivity contribution in [2.75, 3.05) is 40.1 Å². The van der Waals surface area contributed by atoms with Crippen molar-refractivity contribution in [1.82, 2.24) is 10.2 Å². The number of oxime groups is 1. The Hall–Kier alpha value is -4.91. The minimum absolute atomic E-state index is 0.00104. The second-order valence-corrected chi connectivity index (χ2v) is 22.0. The SMILES string of the molecule is C=CCOC12Oc3ccc(OC(=O)NCCCCCCCCCCCC)cc3C3C(CCCCO)C(CCCCO)C=C(C(=NOC)CC1N(Cc1cccc4ccccc14)C(=O)OCCCCCCCCCCCC)C32. The number of ether oxygens (including phenoxy) is 4. The van der Waals surface area contributed by atoms with Crippen molar-refractivity contribution in [3.63, 3.8) is 0 Å². The smallest absolute Gasteiger partial charge is 0.412 e. The Bertz CT molecular complexity index is 2280. The van der Waals surface area contributed by atoms with Gasteiger partial charge >= 0.3 is 12.2 Å². The summed E-state index contributed by atoms with van der Waals surface area (Å²) in [6, 6.07) is 19.3. The highest BCUT2D eigenvalue weighted by Gasteiger charge is 2.65. The van der Waals surface area contributed by atoms with Crippen LogP contribution in [0.1, 0.15) is 204 Å². The number of carbonyl (C=O) groups excluding carboxylic acids is 2. The van der Waals surface area contributed by atoms with Crippen molar-refractivity contribution in [3.8, 4) is 11.5 Å². The van der Waals surface area contributed by atoms with Crippen molar-refractivity contribution in [2.45, 2.75) is 212 Å². The summed E-state index contributed by atoms with van der Waals surface area (Å²) >= 11 is 0. The molecule has 3 N–H and O–H groups in total. The number of rotatable bonds is 38. The third-order valence-electron chi connectivity index (χ3n) is 16.4. The fourth-order valence-corrected chi connectivity index (χ4v) is 12.5. The first kappa shape index (κ1) is 61.3. The lowest BCUT2D eigenvalue weighted by molar-refractivity contribution is -0.256. The molecule has 0 bridgehead atoms. The van der Waals surface area contributed by atoms with Crippen molar-refractivity contribution in [2.24, 2.45) is 22.9 Å². The van der Waals surface area contributed by atoms with Gasteiger partial charge in [0, 0.05) is 37.7 Å². The number of allylic oxidation sites excluding steroid dienone is 1. The molecule has 2 aliphatic carbocycles. The number of nitrogens with zero attached hydrogens (tertiary/aromatic N) is 2. The van der Waals surface area contributed by atoms with E-state index >= 15 is 4.79 Å². The van der Waals surface area contributed by atoms with Gasteiger partial charge in [-0.3, -0.25) is 4.90 Å². The average Bonchev–Trinajstić information content (AvgIpc) is 3.49. The monoisotopic (exact) mass is 1060 g/mol. The molecule has 426 valence electrons. The Morgan fingerprint density at radius 2 is 1.42 bits per heavy atom. The highest BCUT2D eigenvalue weighted by atomic mass is 16.7. The molecule has 3 aromatic rings. The van der Waals surface area contributed by atoms with E-state index in [1.807, 2.05) is 35.2 Å². The van der Waals surface area contributed by atoms with Crippen LogP contribution in [0, 0.1) is 17.8 Å². The van der Waals surface area contributed by atoms with Crippen molar-refractivity contribution in [3.05, 3.63) is 96.1 Å². The van der Waals surface area contributed by atoms with Gasteiger partial charge in [-0.05, 0) is 90.5 Å². The van der Waals surface area contributed by atoms with Gasteiger partial charge in [-0.2, -0.15) is 0 Å². The highest BCUT2D eigenvalue weighted by molar-refractivity contribution is 6.03. The molecule has 1 saturated carbocycles. The zero-order valence-electron chi connectivity index (χ0n) is 47.5.